The third-order valence-corrected chi connectivity index (χ3v) is 3.58. The van der Waals surface area contributed by atoms with Gasteiger partial charge in [0.25, 0.3) is 0 Å². The average molecular weight is 276 g/mol. The van der Waals surface area contributed by atoms with Crippen LogP contribution in [0.5, 0.6) is 5.75 Å². The number of ether oxygens (including phenoxy) is 1. The number of benzene rings is 1. The summed E-state index contributed by atoms with van der Waals surface area (Å²) in [4.78, 5) is 4.76. The summed E-state index contributed by atoms with van der Waals surface area (Å²) in [5, 5.41) is 7.27. The normalized spacial score (nSPS) is 16.1. The van der Waals surface area contributed by atoms with Crippen LogP contribution >= 0.6 is 0 Å². The molecule has 20 heavy (non-hydrogen) atoms. The molecule has 1 aliphatic rings. The summed E-state index contributed by atoms with van der Waals surface area (Å²) in [6, 6.07) is 8.30. The number of nitrogens with one attached hydrogen (secondary N) is 1. The van der Waals surface area contributed by atoms with Gasteiger partial charge in [-0.25, -0.2) is 0 Å². The first kappa shape index (κ1) is 14.7. The Balaban J connectivity index is 1.82. The second-order valence-electron chi connectivity index (χ2n) is 5.03. The fraction of sp³-hybridized carbons (Fsp3) is 0.533. The van der Waals surface area contributed by atoms with Crippen molar-refractivity contribution in [3.05, 3.63) is 24.3 Å². The van der Waals surface area contributed by atoms with Gasteiger partial charge in [-0.2, -0.15) is 0 Å². The number of anilines is 1. The molecule has 1 saturated heterocycles. The zero-order chi connectivity index (χ0) is 14.4. The Labute approximate surface area is 120 Å². The van der Waals surface area contributed by atoms with Crippen molar-refractivity contribution in [2.75, 3.05) is 44.2 Å². The Morgan fingerprint density at radius 2 is 1.85 bits per heavy atom. The number of piperazine rings is 1. The largest absolute Gasteiger partial charge is 0.494 e. The summed E-state index contributed by atoms with van der Waals surface area (Å²) in [6.07, 6.45) is 0.670. The average Bonchev–Trinajstić information content (AvgIpc) is 2.47. The molecule has 0 radical (unpaired) electrons. The smallest absolute Gasteiger partial charge is 0.119 e. The minimum absolute atomic E-state index is 0.277. The van der Waals surface area contributed by atoms with E-state index >= 15 is 0 Å². The molecule has 0 unspecified atom stereocenters. The molecule has 0 bridgehead atoms. The van der Waals surface area contributed by atoms with Crippen molar-refractivity contribution in [3.63, 3.8) is 0 Å². The van der Waals surface area contributed by atoms with E-state index in [-0.39, 0.29) is 5.84 Å². The van der Waals surface area contributed by atoms with E-state index in [1.807, 2.05) is 19.1 Å². The molecule has 1 fully saturated rings. The lowest BCUT2D eigenvalue weighted by Crippen LogP contribution is -2.47. The Kier molecular flexibility index (Phi) is 5.24. The molecule has 1 aromatic rings. The topological polar surface area (TPSA) is 65.6 Å². The summed E-state index contributed by atoms with van der Waals surface area (Å²) in [7, 11) is 0. The Hall–Kier alpha value is -1.75. The molecule has 0 aromatic heterocycles. The van der Waals surface area contributed by atoms with Crippen LogP contribution < -0.4 is 15.4 Å². The monoisotopic (exact) mass is 276 g/mol. The SMILES string of the molecule is CCOc1ccc(N2CCN(CCC(=N)N)CC2)cc1. The summed E-state index contributed by atoms with van der Waals surface area (Å²) in [5.74, 6) is 1.20. The molecule has 3 N–H and O–H groups in total. The maximum atomic E-state index is 7.27. The number of nitrogens with zero attached hydrogens (tertiary/aromatic N) is 2. The molecule has 1 aromatic carbocycles. The van der Waals surface area contributed by atoms with Crippen LogP contribution in [0.1, 0.15) is 13.3 Å². The third-order valence-electron chi connectivity index (χ3n) is 3.58. The molecule has 0 amide bonds. The van der Waals surface area contributed by atoms with E-state index in [9.17, 15) is 0 Å². The molecule has 5 heteroatoms. The van der Waals surface area contributed by atoms with Gasteiger partial charge in [0.15, 0.2) is 0 Å². The highest BCUT2D eigenvalue weighted by Gasteiger charge is 2.16. The van der Waals surface area contributed by atoms with Crippen LogP contribution in [-0.4, -0.2) is 50.1 Å². The highest BCUT2D eigenvalue weighted by Crippen LogP contribution is 2.20. The fourth-order valence-electron chi connectivity index (χ4n) is 2.43. The second-order valence-corrected chi connectivity index (χ2v) is 5.03. The molecule has 0 aliphatic carbocycles. The van der Waals surface area contributed by atoms with Gasteiger partial charge in [-0.05, 0) is 31.2 Å². The van der Waals surface area contributed by atoms with Gasteiger partial charge in [0.1, 0.15) is 5.75 Å². The zero-order valence-corrected chi connectivity index (χ0v) is 12.1. The maximum Gasteiger partial charge on any atom is 0.119 e. The first-order valence-electron chi connectivity index (χ1n) is 7.22. The summed E-state index contributed by atoms with van der Waals surface area (Å²) in [5.41, 5.74) is 6.65. The van der Waals surface area contributed by atoms with E-state index in [0.717, 1.165) is 38.5 Å². The second kappa shape index (κ2) is 7.14. The van der Waals surface area contributed by atoms with Crippen molar-refractivity contribution >= 4 is 11.5 Å². The van der Waals surface area contributed by atoms with Crippen LogP contribution in [0, 0.1) is 5.41 Å². The number of rotatable bonds is 6. The van der Waals surface area contributed by atoms with Crippen molar-refractivity contribution in [1.82, 2.24) is 4.90 Å². The number of hydrogen-bond donors (Lipinski definition) is 2. The van der Waals surface area contributed by atoms with Gasteiger partial charge in [0, 0.05) is 44.8 Å². The summed E-state index contributed by atoms with van der Waals surface area (Å²) < 4.78 is 5.46. The minimum Gasteiger partial charge on any atom is -0.494 e. The highest BCUT2D eigenvalue weighted by molar-refractivity contribution is 5.76. The van der Waals surface area contributed by atoms with Crippen LogP contribution in [0.25, 0.3) is 0 Å². The molecule has 1 heterocycles. The number of nitrogens with two attached hydrogens (primary N) is 1. The van der Waals surface area contributed by atoms with Gasteiger partial charge >= 0.3 is 0 Å². The van der Waals surface area contributed by atoms with E-state index in [2.05, 4.69) is 21.9 Å². The van der Waals surface area contributed by atoms with Crippen molar-refractivity contribution < 1.29 is 4.74 Å². The molecule has 110 valence electrons. The van der Waals surface area contributed by atoms with E-state index < -0.39 is 0 Å². The molecular weight excluding hydrogens is 252 g/mol. The molecular formula is C15H24N4O. The quantitative estimate of drug-likeness (QED) is 0.611. The minimum atomic E-state index is 0.277. The zero-order valence-electron chi connectivity index (χ0n) is 12.1. The Morgan fingerprint density at radius 3 is 2.40 bits per heavy atom. The van der Waals surface area contributed by atoms with Crippen LogP contribution in [0.4, 0.5) is 5.69 Å². The fourth-order valence-corrected chi connectivity index (χ4v) is 2.43. The Bertz CT molecular complexity index is 424. The molecule has 2 rings (SSSR count). The predicted molar refractivity (Wildman–Crippen MR) is 82.8 cm³/mol. The lowest BCUT2D eigenvalue weighted by atomic mass is 10.2. The summed E-state index contributed by atoms with van der Waals surface area (Å²) in [6.45, 7) is 7.69. The molecule has 5 nitrogen and oxygen atoms in total. The first-order valence-corrected chi connectivity index (χ1v) is 7.22. The van der Waals surface area contributed by atoms with Crippen molar-refractivity contribution in [2.24, 2.45) is 5.73 Å². The number of hydrogen-bond acceptors (Lipinski definition) is 4. The Morgan fingerprint density at radius 1 is 1.20 bits per heavy atom. The predicted octanol–water partition coefficient (Wildman–Crippen LogP) is 1.53. The third kappa shape index (κ3) is 4.13. The lowest BCUT2D eigenvalue weighted by molar-refractivity contribution is 0.264. The van der Waals surface area contributed by atoms with Gasteiger partial charge in [-0.15, -0.1) is 0 Å². The molecule has 0 saturated carbocycles. The summed E-state index contributed by atoms with van der Waals surface area (Å²) >= 11 is 0. The van der Waals surface area contributed by atoms with Crippen LogP contribution in [0.15, 0.2) is 24.3 Å². The van der Waals surface area contributed by atoms with E-state index in [1.54, 1.807) is 0 Å². The maximum absolute atomic E-state index is 7.27. The van der Waals surface area contributed by atoms with Crippen LogP contribution in [-0.2, 0) is 0 Å². The van der Waals surface area contributed by atoms with Gasteiger partial charge in [-0.3, -0.25) is 10.3 Å². The van der Waals surface area contributed by atoms with Crippen molar-refractivity contribution in [3.8, 4) is 5.75 Å². The number of amidine groups is 1. The van der Waals surface area contributed by atoms with Crippen molar-refractivity contribution in [2.45, 2.75) is 13.3 Å². The van der Waals surface area contributed by atoms with E-state index in [1.165, 1.54) is 5.69 Å². The van der Waals surface area contributed by atoms with Crippen molar-refractivity contribution in [1.29, 1.82) is 5.41 Å². The lowest BCUT2D eigenvalue weighted by Gasteiger charge is -2.36. The van der Waals surface area contributed by atoms with E-state index in [0.29, 0.717) is 13.0 Å². The van der Waals surface area contributed by atoms with Gasteiger partial charge in [-0.1, -0.05) is 0 Å². The molecule has 1 aliphatic heterocycles. The van der Waals surface area contributed by atoms with Gasteiger partial charge in [0.2, 0.25) is 0 Å². The molecule has 0 atom stereocenters. The first-order chi connectivity index (χ1) is 9.69. The van der Waals surface area contributed by atoms with Crippen LogP contribution in [0.2, 0.25) is 0 Å². The van der Waals surface area contributed by atoms with Crippen LogP contribution in [0.3, 0.4) is 0 Å². The van der Waals surface area contributed by atoms with Gasteiger partial charge in [0.05, 0.1) is 12.4 Å². The van der Waals surface area contributed by atoms with Gasteiger partial charge < -0.3 is 15.4 Å². The van der Waals surface area contributed by atoms with E-state index in [4.69, 9.17) is 15.9 Å². The molecule has 0 spiro atoms. The highest BCUT2D eigenvalue weighted by atomic mass is 16.5. The standard InChI is InChI=1S/C15H24N4O/c1-2-20-14-5-3-13(4-6-14)19-11-9-18(10-12-19)8-7-15(16)17/h3-6H,2,7-12H2,1H3,(H3,16,17).